The number of nitrogens with zero attached hydrogens (tertiary/aromatic N) is 1. The predicted molar refractivity (Wildman–Crippen MR) is 80.4 cm³/mol. The Morgan fingerprint density at radius 2 is 2.20 bits per heavy atom. The Labute approximate surface area is 119 Å². The van der Waals surface area contributed by atoms with Crippen molar-refractivity contribution in [1.29, 1.82) is 0 Å². The molecule has 0 atom stereocenters. The van der Waals surface area contributed by atoms with E-state index in [0.29, 0.717) is 0 Å². The van der Waals surface area contributed by atoms with E-state index in [0.717, 1.165) is 25.0 Å². The minimum atomic E-state index is -0.324. The van der Waals surface area contributed by atoms with Crippen LogP contribution in [-0.2, 0) is 16.0 Å². The number of H-pyrrole nitrogens is 1. The summed E-state index contributed by atoms with van der Waals surface area (Å²) >= 11 is 0. The number of methoxy groups -OCH3 is 1. The lowest BCUT2D eigenvalue weighted by molar-refractivity contribution is -0.134. The molecule has 0 spiro atoms. The van der Waals surface area contributed by atoms with Crippen LogP contribution in [0, 0.1) is 0 Å². The predicted octanol–water partition coefficient (Wildman–Crippen LogP) is 2.72. The average Bonchev–Trinajstić information content (AvgIpc) is 2.90. The Morgan fingerprint density at radius 3 is 2.95 bits per heavy atom. The van der Waals surface area contributed by atoms with E-state index in [2.05, 4.69) is 45.9 Å². The normalized spacial score (nSPS) is 11.1. The minimum absolute atomic E-state index is 0.324. The van der Waals surface area contributed by atoms with Crippen molar-refractivity contribution in [1.82, 2.24) is 9.88 Å². The van der Waals surface area contributed by atoms with Crippen molar-refractivity contribution in [2.75, 3.05) is 20.2 Å². The van der Waals surface area contributed by atoms with Crippen LogP contribution >= 0.6 is 0 Å². The Bertz CT molecular complexity index is 601. The van der Waals surface area contributed by atoms with Gasteiger partial charge in [0.15, 0.2) is 0 Å². The van der Waals surface area contributed by atoms with E-state index >= 15 is 0 Å². The van der Waals surface area contributed by atoms with Crippen molar-refractivity contribution < 1.29 is 9.53 Å². The molecule has 0 saturated carbocycles. The summed E-state index contributed by atoms with van der Waals surface area (Å²) in [6, 6.07) is 8.28. The Morgan fingerprint density at radius 1 is 1.40 bits per heavy atom. The molecule has 0 amide bonds. The van der Waals surface area contributed by atoms with E-state index in [1.54, 1.807) is 6.20 Å². The zero-order valence-electron chi connectivity index (χ0n) is 11.9. The molecule has 0 aliphatic rings. The number of para-hydroxylation sites is 1. The molecule has 106 valence electrons. The van der Waals surface area contributed by atoms with Gasteiger partial charge in [0.1, 0.15) is 0 Å². The van der Waals surface area contributed by atoms with Crippen molar-refractivity contribution in [2.45, 2.75) is 13.3 Å². The fourth-order valence-electron chi connectivity index (χ4n) is 2.17. The first-order chi connectivity index (χ1) is 9.74. The van der Waals surface area contributed by atoms with E-state index < -0.39 is 0 Å². The highest BCUT2D eigenvalue weighted by molar-refractivity contribution is 5.83. The number of esters is 1. The lowest BCUT2D eigenvalue weighted by Gasteiger charge is -2.17. The molecule has 0 fully saturated rings. The number of carbonyl (C=O) groups excluding carboxylic acids is 1. The molecular formula is C16H20N2O2. The number of carbonyl (C=O) groups is 1. The lowest BCUT2D eigenvalue weighted by atomic mass is 10.1. The van der Waals surface area contributed by atoms with Crippen LogP contribution in [0.25, 0.3) is 10.9 Å². The average molecular weight is 272 g/mol. The number of likely N-dealkylation sites (N-methyl/N-ethyl adjacent to an activating group) is 1. The number of fused-ring (bicyclic) bond motifs is 1. The van der Waals surface area contributed by atoms with Gasteiger partial charge in [-0.3, -0.25) is 0 Å². The van der Waals surface area contributed by atoms with Gasteiger partial charge in [0.05, 0.1) is 7.11 Å². The van der Waals surface area contributed by atoms with E-state index in [9.17, 15) is 4.79 Å². The first kappa shape index (κ1) is 14.2. The quantitative estimate of drug-likeness (QED) is 0.649. The van der Waals surface area contributed by atoms with Gasteiger partial charge >= 0.3 is 5.97 Å². The number of aromatic amines is 1. The summed E-state index contributed by atoms with van der Waals surface area (Å²) in [5, 5.41) is 1.26. The van der Waals surface area contributed by atoms with Crippen LogP contribution in [0.1, 0.15) is 12.5 Å². The number of rotatable bonds is 6. The Hall–Kier alpha value is -2.23. The summed E-state index contributed by atoms with van der Waals surface area (Å²) in [5.41, 5.74) is 2.46. The SMILES string of the molecule is CCN(/C=C/C(=O)OC)CCc1c[nH]c2ccccc12. The van der Waals surface area contributed by atoms with Gasteiger partial charge in [0.25, 0.3) is 0 Å². The van der Waals surface area contributed by atoms with Crippen molar-refractivity contribution >= 4 is 16.9 Å². The van der Waals surface area contributed by atoms with E-state index in [1.807, 2.05) is 6.07 Å². The molecule has 1 N–H and O–H groups in total. The number of hydrogen-bond acceptors (Lipinski definition) is 3. The number of benzene rings is 1. The summed E-state index contributed by atoms with van der Waals surface area (Å²) in [6.07, 6.45) is 6.24. The van der Waals surface area contributed by atoms with Gasteiger partial charge in [-0.1, -0.05) is 18.2 Å². The van der Waals surface area contributed by atoms with Crippen LogP contribution in [0.2, 0.25) is 0 Å². The monoisotopic (exact) mass is 272 g/mol. The van der Waals surface area contributed by atoms with Crippen LogP contribution in [0.3, 0.4) is 0 Å². The standard InChI is InChI=1S/C16H20N2O2/c1-3-18(11-9-16(19)20-2)10-8-13-12-17-15-7-5-4-6-14(13)15/h4-7,9,11-12,17H,3,8,10H2,1-2H3/b11-9+. The van der Waals surface area contributed by atoms with Crippen molar-refractivity contribution in [3.63, 3.8) is 0 Å². The van der Waals surface area contributed by atoms with Gasteiger partial charge in [0.2, 0.25) is 0 Å². The second-order valence-corrected chi connectivity index (χ2v) is 4.58. The van der Waals surface area contributed by atoms with Gasteiger partial charge < -0.3 is 14.6 Å². The molecule has 0 aliphatic carbocycles. The Kier molecular flexibility index (Phi) is 4.82. The molecular weight excluding hydrogens is 252 g/mol. The first-order valence-corrected chi connectivity index (χ1v) is 6.79. The van der Waals surface area contributed by atoms with Crippen LogP contribution in [0.4, 0.5) is 0 Å². The van der Waals surface area contributed by atoms with Gasteiger partial charge in [-0.25, -0.2) is 4.79 Å². The van der Waals surface area contributed by atoms with Crippen molar-refractivity contribution in [2.24, 2.45) is 0 Å². The third kappa shape index (κ3) is 3.41. The van der Waals surface area contributed by atoms with E-state index in [4.69, 9.17) is 0 Å². The maximum Gasteiger partial charge on any atom is 0.331 e. The molecule has 4 nitrogen and oxygen atoms in total. The highest BCUT2D eigenvalue weighted by atomic mass is 16.5. The van der Waals surface area contributed by atoms with E-state index in [1.165, 1.54) is 24.1 Å². The Balaban J connectivity index is 1.99. The molecule has 0 bridgehead atoms. The van der Waals surface area contributed by atoms with Crippen molar-refractivity contribution in [3.8, 4) is 0 Å². The fourth-order valence-corrected chi connectivity index (χ4v) is 2.17. The van der Waals surface area contributed by atoms with Crippen molar-refractivity contribution in [3.05, 3.63) is 48.3 Å². The van der Waals surface area contributed by atoms with Gasteiger partial charge in [0, 0.05) is 42.5 Å². The summed E-state index contributed by atoms with van der Waals surface area (Å²) in [4.78, 5) is 16.5. The third-order valence-electron chi connectivity index (χ3n) is 3.37. The number of aromatic nitrogens is 1. The summed E-state index contributed by atoms with van der Waals surface area (Å²) in [5.74, 6) is -0.324. The lowest BCUT2D eigenvalue weighted by Crippen LogP contribution is -2.20. The first-order valence-electron chi connectivity index (χ1n) is 6.79. The van der Waals surface area contributed by atoms with Gasteiger partial charge in [-0.05, 0) is 25.0 Å². The highest BCUT2D eigenvalue weighted by Crippen LogP contribution is 2.18. The molecule has 0 saturated heterocycles. The maximum atomic E-state index is 11.1. The molecule has 0 unspecified atom stereocenters. The maximum absolute atomic E-state index is 11.1. The highest BCUT2D eigenvalue weighted by Gasteiger charge is 2.04. The summed E-state index contributed by atoms with van der Waals surface area (Å²) in [7, 11) is 1.38. The fraction of sp³-hybridized carbons (Fsp3) is 0.312. The van der Waals surface area contributed by atoms with Crippen LogP contribution in [-0.4, -0.2) is 36.1 Å². The number of ether oxygens (including phenoxy) is 1. The molecule has 2 aromatic rings. The van der Waals surface area contributed by atoms with Gasteiger partial charge in [-0.2, -0.15) is 0 Å². The van der Waals surface area contributed by atoms with Crippen LogP contribution < -0.4 is 0 Å². The molecule has 4 heteroatoms. The second kappa shape index (κ2) is 6.80. The summed E-state index contributed by atoms with van der Waals surface area (Å²) < 4.78 is 4.60. The number of nitrogens with one attached hydrogen (secondary N) is 1. The van der Waals surface area contributed by atoms with Gasteiger partial charge in [-0.15, -0.1) is 0 Å². The third-order valence-corrected chi connectivity index (χ3v) is 3.37. The molecule has 2 rings (SSSR count). The summed E-state index contributed by atoms with van der Waals surface area (Å²) in [6.45, 7) is 3.79. The van der Waals surface area contributed by atoms with Crippen LogP contribution in [0.5, 0.6) is 0 Å². The largest absolute Gasteiger partial charge is 0.466 e. The molecule has 1 aromatic heterocycles. The van der Waals surface area contributed by atoms with Crippen LogP contribution in [0.15, 0.2) is 42.7 Å². The smallest absolute Gasteiger partial charge is 0.331 e. The zero-order valence-corrected chi connectivity index (χ0v) is 11.9. The molecule has 0 radical (unpaired) electrons. The second-order valence-electron chi connectivity index (χ2n) is 4.58. The molecule has 1 aromatic carbocycles. The minimum Gasteiger partial charge on any atom is -0.466 e. The zero-order chi connectivity index (χ0) is 14.4. The molecule has 0 aliphatic heterocycles. The number of hydrogen-bond donors (Lipinski definition) is 1. The molecule has 20 heavy (non-hydrogen) atoms. The topological polar surface area (TPSA) is 45.3 Å². The molecule has 1 heterocycles. The van der Waals surface area contributed by atoms with E-state index in [-0.39, 0.29) is 5.97 Å².